The molecule has 3 heterocycles. The van der Waals surface area contributed by atoms with Crippen molar-refractivity contribution in [2.75, 3.05) is 20.2 Å². The Kier molecular flexibility index (Phi) is 5.48. The van der Waals surface area contributed by atoms with Gasteiger partial charge in [-0.3, -0.25) is 4.90 Å². The van der Waals surface area contributed by atoms with E-state index >= 15 is 0 Å². The van der Waals surface area contributed by atoms with E-state index in [2.05, 4.69) is 58.4 Å². The molecule has 0 radical (unpaired) electrons. The summed E-state index contributed by atoms with van der Waals surface area (Å²) in [6, 6.07) is 4.37. The average Bonchev–Trinajstić information content (AvgIpc) is 3.19. The average molecular weight is 402 g/mol. The Morgan fingerprint density at radius 2 is 2.10 bits per heavy atom. The number of aliphatic hydroxyl groups excluding tert-OH is 1. The highest BCUT2D eigenvalue weighted by molar-refractivity contribution is 5.49. The predicted octanol–water partition coefficient (Wildman–Crippen LogP) is 2.50. The number of piperidine rings is 1. The van der Waals surface area contributed by atoms with Crippen LogP contribution in [0.5, 0.6) is 11.5 Å². The van der Waals surface area contributed by atoms with Gasteiger partial charge in [0.05, 0.1) is 13.2 Å². The molecule has 4 rings (SSSR count). The first-order valence-corrected chi connectivity index (χ1v) is 10.3. The van der Waals surface area contributed by atoms with Gasteiger partial charge < -0.3 is 14.6 Å². The number of aromatic amines is 1. The van der Waals surface area contributed by atoms with Crippen LogP contribution in [0.2, 0.25) is 0 Å². The van der Waals surface area contributed by atoms with Crippen molar-refractivity contribution >= 4 is 0 Å². The first kappa shape index (κ1) is 20.1. The number of fused-ring (bicyclic) bond motifs is 3. The summed E-state index contributed by atoms with van der Waals surface area (Å²) in [5.74, 6) is 2.20. The standard InChI is InChI=1S/C21H31N5O3/c1-21(2,3)10-14-11-26-6-5-13-7-19(29-12-20-22-24-25-23-20)18(28-4)8-15(13)16(26)9-17(14)27/h7-8,14,16-17,27H,5-6,9-12H2,1-4H3,(H,22,23,24,25)/t14-,16?,17-/m1/s1. The minimum absolute atomic E-state index is 0.223. The summed E-state index contributed by atoms with van der Waals surface area (Å²) in [6.07, 6.45) is 2.49. The molecule has 158 valence electrons. The molecule has 1 unspecified atom stereocenters. The molecule has 0 bridgehead atoms. The molecule has 8 heteroatoms. The fourth-order valence-electron chi connectivity index (χ4n) is 4.75. The van der Waals surface area contributed by atoms with Gasteiger partial charge in [0.2, 0.25) is 5.82 Å². The molecule has 1 fully saturated rings. The van der Waals surface area contributed by atoms with Crippen LogP contribution < -0.4 is 9.47 Å². The van der Waals surface area contributed by atoms with E-state index in [4.69, 9.17) is 9.47 Å². The topological polar surface area (TPSA) is 96.4 Å². The van der Waals surface area contributed by atoms with Gasteiger partial charge in [0.15, 0.2) is 18.1 Å². The number of hydrogen-bond acceptors (Lipinski definition) is 7. The Bertz CT molecular complexity index is 834. The van der Waals surface area contributed by atoms with Crippen molar-refractivity contribution in [1.82, 2.24) is 25.5 Å². The van der Waals surface area contributed by atoms with Crippen LogP contribution in [-0.4, -0.2) is 56.9 Å². The van der Waals surface area contributed by atoms with Crippen LogP contribution in [0.1, 0.15) is 56.6 Å². The number of H-pyrrole nitrogens is 1. The highest BCUT2D eigenvalue weighted by Gasteiger charge is 2.39. The fourth-order valence-corrected chi connectivity index (χ4v) is 4.75. The molecule has 0 aliphatic carbocycles. The Morgan fingerprint density at radius 1 is 1.28 bits per heavy atom. The van der Waals surface area contributed by atoms with Gasteiger partial charge in [-0.05, 0) is 53.9 Å². The van der Waals surface area contributed by atoms with Gasteiger partial charge in [0.1, 0.15) is 0 Å². The van der Waals surface area contributed by atoms with Crippen LogP contribution in [0, 0.1) is 11.3 Å². The molecule has 3 atom stereocenters. The highest BCUT2D eigenvalue weighted by atomic mass is 16.5. The third-order valence-electron chi connectivity index (χ3n) is 5.99. The first-order valence-electron chi connectivity index (χ1n) is 10.3. The zero-order chi connectivity index (χ0) is 20.6. The second-order valence-corrected chi connectivity index (χ2v) is 9.41. The molecule has 29 heavy (non-hydrogen) atoms. The minimum Gasteiger partial charge on any atom is -0.493 e. The molecule has 2 aromatic rings. The lowest BCUT2D eigenvalue weighted by Gasteiger charge is -2.47. The van der Waals surface area contributed by atoms with Gasteiger partial charge in [-0.25, -0.2) is 0 Å². The molecule has 2 N–H and O–H groups in total. The van der Waals surface area contributed by atoms with Crippen molar-refractivity contribution in [3.8, 4) is 11.5 Å². The van der Waals surface area contributed by atoms with Crippen LogP contribution >= 0.6 is 0 Å². The number of hydrogen-bond donors (Lipinski definition) is 2. The second kappa shape index (κ2) is 7.91. The van der Waals surface area contributed by atoms with Crippen LogP contribution in [0.3, 0.4) is 0 Å². The van der Waals surface area contributed by atoms with Crippen molar-refractivity contribution in [2.24, 2.45) is 11.3 Å². The lowest BCUT2D eigenvalue weighted by atomic mass is 9.75. The Balaban J connectivity index is 1.54. The molecule has 0 saturated carbocycles. The van der Waals surface area contributed by atoms with E-state index in [0.717, 1.165) is 32.4 Å². The number of tetrazole rings is 1. The highest BCUT2D eigenvalue weighted by Crippen LogP contribution is 2.44. The lowest BCUT2D eigenvalue weighted by Crippen LogP contribution is -2.48. The number of ether oxygens (including phenoxy) is 2. The van der Waals surface area contributed by atoms with E-state index in [9.17, 15) is 5.11 Å². The maximum atomic E-state index is 10.9. The maximum absolute atomic E-state index is 10.9. The quantitative estimate of drug-likeness (QED) is 0.794. The zero-order valence-electron chi connectivity index (χ0n) is 17.7. The molecule has 2 aliphatic heterocycles. The summed E-state index contributed by atoms with van der Waals surface area (Å²) in [5, 5.41) is 24.7. The smallest absolute Gasteiger partial charge is 0.211 e. The number of aromatic nitrogens is 4. The van der Waals surface area contributed by atoms with Gasteiger partial charge in [0, 0.05) is 19.1 Å². The summed E-state index contributed by atoms with van der Waals surface area (Å²) < 4.78 is 11.5. The van der Waals surface area contributed by atoms with Crippen molar-refractivity contribution in [3.05, 3.63) is 29.1 Å². The summed E-state index contributed by atoms with van der Waals surface area (Å²) in [7, 11) is 1.65. The molecular formula is C21H31N5O3. The molecule has 1 aromatic carbocycles. The number of methoxy groups -OCH3 is 1. The van der Waals surface area contributed by atoms with Crippen molar-refractivity contribution in [1.29, 1.82) is 0 Å². The van der Waals surface area contributed by atoms with Gasteiger partial charge in [-0.1, -0.05) is 26.0 Å². The Morgan fingerprint density at radius 3 is 2.79 bits per heavy atom. The van der Waals surface area contributed by atoms with Gasteiger partial charge in [-0.15, -0.1) is 10.2 Å². The number of rotatable bonds is 5. The zero-order valence-corrected chi connectivity index (χ0v) is 17.7. The van der Waals surface area contributed by atoms with Crippen molar-refractivity contribution < 1.29 is 14.6 Å². The molecular weight excluding hydrogens is 370 g/mol. The van der Waals surface area contributed by atoms with E-state index in [1.54, 1.807) is 7.11 Å². The van der Waals surface area contributed by atoms with Gasteiger partial charge >= 0.3 is 0 Å². The Labute approximate surface area is 171 Å². The number of benzene rings is 1. The van der Waals surface area contributed by atoms with Crippen molar-refractivity contribution in [2.45, 2.75) is 58.8 Å². The van der Waals surface area contributed by atoms with Gasteiger partial charge in [-0.2, -0.15) is 5.21 Å². The van der Waals surface area contributed by atoms with E-state index in [-0.39, 0.29) is 24.2 Å². The second-order valence-electron chi connectivity index (χ2n) is 9.41. The van der Waals surface area contributed by atoms with Crippen molar-refractivity contribution in [3.63, 3.8) is 0 Å². The van der Waals surface area contributed by atoms with E-state index < -0.39 is 0 Å². The molecule has 0 spiro atoms. The Hall–Kier alpha value is -2.19. The third kappa shape index (κ3) is 4.38. The van der Waals surface area contributed by atoms with Crippen LogP contribution in [0.4, 0.5) is 0 Å². The predicted molar refractivity (Wildman–Crippen MR) is 108 cm³/mol. The SMILES string of the molecule is COc1cc2c(cc1OCc1nn[nH]n1)CCN1C[C@@H](CC(C)(C)C)[C@H](O)CC21. The molecule has 1 aromatic heterocycles. The fraction of sp³-hybridized carbons (Fsp3) is 0.667. The molecule has 1 saturated heterocycles. The summed E-state index contributed by atoms with van der Waals surface area (Å²) in [4.78, 5) is 2.53. The number of aliphatic hydroxyl groups is 1. The number of nitrogens with zero attached hydrogens (tertiary/aromatic N) is 4. The maximum Gasteiger partial charge on any atom is 0.211 e. The van der Waals surface area contributed by atoms with Gasteiger partial charge in [0.25, 0.3) is 0 Å². The summed E-state index contributed by atoms with van der Waals surface area (Å²) in [5.41, 5.74) is 2.73. The largest absolute Gasteiger partial charge is 0.493 e. The van der Waals surface area contributed by atoms with Crippen LogP contribution in [0.15, 0.2) is 12.1 Å². The molecule has 8 nitrogen and oxygen atoms in total. The third-order valence-corrected chi connectivity index (χ3v) is 5.99. The normalized spacial score (nSPS) is 24.7. The summed E-state index contributed by atoms with van der Waals surface area (Å²) >= 11 is 0. The molecule has 0 amide bonds. The minimum atomic E-state index is -0.276. The lowest BCUT2D eigenvalue weighted by molar-refractivity contribution is -0.0259. The molecule has 2 aliphatic rings. The number of nitrogens with one attached hydrogen (secondary N) is 1. The van der Waals surface area contributed by atoms with E-state index in [1.807, 2.05) is 0 Å². The van der Waals surface area contributed by atoms with E-state index in [1.165, 1.54) is 11.1 Å². The summed E-state index contributed by atoms with van der Waals surface area (Å²) in [6.45, 7) is 8.92. The first-order chi connectivity index (χ1) is 13.8. The van der Waals surface area contributed by atoms with Crippen LogP contribution in [0.25, 0.3) is 0 Å². The van der Waals surface area contributed by atoms with E-state index in [0.29, 0.717) is 23.2 Å². The monoisotopic (exact) mass is 401 g/mol. The van der Waals surface area contributed by atoms with Crippen LogP contribution in [-0.2, 0) is 13.0 Å².